The average molecular weight is 216 g/mol. The van der Waals surface area contributed by atoms with Crippen molar-refractivity contribution >= 4 is 24.7 Å². The van der Waals surface area contributed by atoms with Crippen LogP contribution >= 0.6 is 0 Å². The summed E-state index contributed by atoms with van der Waals surface area (Å²) in [5.41, 5.74) is 1.16. The highest BCUT2D eigenvalue weighted by atomic mass is 28.3. The summed E-state index contributed by atoms with van der Waals surface area (Å²) in [7, 11) is -1.31. The zero-order chi connectivity index (χ0) is 10.9. The van der Waals surface area contributed by atoms with Gasteiger partial charge in [-0.05, 0) is 0 Å². The molecule has 0 aliphatic rings. The molecule has 1 aromatic carbocycles. The summed E-state index contributed by atoms with van der Waals surface area (Å²) in [5, 5.41) is 2.45. The van der Waals surface area contributed by atoms with Gasteiger partial charge in [-0.2, -0.15) is 0 Å². The van der Waals surface area contributed by atoms with Crippen LogP contribution in [0.5, 0.6) is 0 Å². The minimum absolute atomic E-state index is 1.16. The van der Waals surface area contributed by atoms with Gasteiger partial charge in [0.15, 0.2) is 0 Å². The largest absolute Gasteiger partial charge is 0.409 e. The maximum Gasteiger partial charge on any atom is 0.144 e. The van der Waals surface area contributed by atoms with Gasteiger partial charge in [0.25, 0.3) is 0 Å². The number of rotatable bonds is 2. The van der Waals surface area contributed by atoms with Gasteiger partial charge < -0.3 is 4.98 Å². The van der Waals surface area contributed by atoms with Gasteiger partial charge in [-0.15, -0.1) is 0 Å². The summed E-state index contributed by atoms with van der Waals surface area (Å²) < 4.78 is 0. The molecule has 1 heterocycles. The molecule has 0 saturated carbocycles. The Morgan fingerprint density at radius 3 is 2.53 bits per heavy atom. The van der Waals surface area contributed by atoms with Crippen molar-refractivity contribution in [3.8, 4) is 0 Å². The Morgan fingerprint density at radius 1 is 1.07 bits per heavy atom. The molecule has 1 N–H and O–H groups in total. The zero-order valence-electron chi connectivity index (χ0n) is 9.41. The Hall–Kier alpha value is -1.35. The minimum Gasteiger partial charge on any atom is -0.409 e. The van der Waals surface area contributed by atoms with Crippen molar-refractivity contribution in [3.63, 3.8) is 0 Å². The van der Waals surface area contributed by atoms with Crippen molar-refractivity contribution in [1.29, 1.82) is 0 Å². The zero-order valence-corrected chi connectivity index (χ0v) is 10.4. The topological polar surface area (TPSA) is 24.9 Å². The number of nitrogens with zero attached hydrogens (tertiary/aromatic N) is 1. The Kier molecular flexibility index (Phi) is 2.48. The molecule has 0 atom stereocenters. The molecule has 0 saturated heterocycles. The summed E-state index contributed by atoms with van der Waals surface area (Å²) >= 11 is 0. The molecule has 0 bridgehead atoms. The third-order valence-corrected chi connectivity index (χ3v) is 3.20. The van der Waals surface area contributed by atoms with E-state index in [-0.39, 0.29) is 0 Å². The summed E-state index contributed by atoms with van der Waals surface area (Å²) in [4.78, 5) is 7.86. The SMILES string of the molecule is C[Si](C)(C)Nc1cncc2ccccc12. The molecule has 0 aliphatic heterocycles. The third-order valence-electron chi connectivity index (χ3n) is 2.18. The molecule has 1 aromatic heterocycles. The molecule has 2 rings (SSSR count). The lowest BCUT2D eigenvalue weighted by atomic mass is 10.1. The van der Waals surface area contributed by atoms with Gasteiger partial charge in [0.1, 0.15) is 8.24 Å². The fourth-order valence-electron chi connectivity index (χ4n) is 1.62. The number of hydrogen-bond donors (Lipinski definition) is 1. The number of aromatic nitrogens is 1. The van der Waals surface area contributed by atoms with Gasteiger partial charge in [0.05, 0.1) is 5.69 Å². The first kappa shape index (κ1) is 10.2. The highest BCUT2D eigenvalue weighted by molar-refractivity contribution is 6.79. The van der Waals surface area contributed by atoms with E-state index in [1.165, 1.54) is 10.8 Å². The van der Waals surface area contributed by atoms with Crippen molar-refractivity contribution in [2.45, 2.75) is 19.6 Å². The summed E-state index contributed by atoms with van der Waals surface area (Å²) in [5.74, 6) is 0. The van der Waals surface area contributed by atoms with E-state index < -0.39 is 8.24 Å². The highest BCUT2D eigenvalue weighted by Crippen LogP contribution is 2.23. The molecule has 3 heteroatoms. The number of anilines is 1. The lowest BCUT2D eigenvalue weighted by Gasteiger charge is -2.20. The predicted molar refractivity (Wildman–Crippen MR) is 68.7 cm³/mol. The lowest BCUT2D eigenvalue weighted by molar-refractivity contribution is 1.36. The van der Waals surface area contributed by atoms with E-state index in [1.54, 1.807) is 0 Å². The number of hydrogen-bond acceptors (Lipinski definition) is 2. The van der Waals surface area contributed by atoms with E-state index in [0.717, 1.165) is 5.69 Å². The van der Waals surface area contributed by atoms with Crippen molar-refractivity contribution in [2.75, 3.05) is 4.98 Å². The molecule has 0 fully saturated rings. The second-order valence-electron chi connectivity index (χ2n) is 4.78. The van der Waals surface area contributed by atoms with Crippen LogP contribution in [0.25, 0.3) is 10.8 Å². The van der Waals surface area contributed by atoms with E-state index in [2.05, 4.69) is 47.8 Å². The first-order chi connectivity index (χ1) is 7.06. The molecule has 0 unspecified atom stereocenters. The molecule has 2 aromatic rings. The maximum atomic E-state index is 4.26. The third kappa shape index (κ3) is 2.36. The Balaban J connectivity index is 2.52. The number of nitrogens with one attached hydrogen (secondary N) is 1. The van der Waals surface area contributed by atoms with Crippen LogP contribution in [0.4, 0.5) is 5.69 Å². The molecule has 0 aliphatic carbocycles. The van der Waals surface area contributed by atoms with E-state index in [9.17, 15) is 0 Å². The smallest absolute Gasteiger partial charge is 0.144 e. The second-order valence-corrected chi connectivity index (χ2v) is 9.53. The summed E-state index contributed by atoms with van der Waals surface area (Å²) in [6.45, 7) is 6.86. The van der Waals surface area contributed by atoms with Gasteiger partial charge in [0.2, 0.25) is 0 Å². The Labute approximate surface area is 91.4 Å². The summed E-state index contributed by atoms with van der Waals surface area (Å²) in [6, 6.07) is 8.34. The monoisotopic (exact) mass is 216 g/mol. The van der Waals surface area contributed by atoms with Crippen molar-refractivity contribution in [2.24, 2.45) is 0 Å². The molecule has 15 heavy (non-hydrogen) atoms. The first-order valence-electron chi connectivity index (χ1n) is 5.17. The van der Waals surface area contributed by atoms with Crippen LogP contribution in [-0.4, -0.2) is 13.2 Å². The van der Waals surface area contributed by atoms with Crippen molar-refractivity contribution < 1.29 is 0 Å². The molecular formula is C12H16N2Si. The van der Waals surface area contributed by atoms with E-state index >= 15 is 0 Å². The van der Waals surface area contributed by atoms with Crippen LogP contribution < -0.4 is 4.98 Å². The van der Waals surface area contributed by atoms with Crippen LogP contribution in [0.1, 0.15) is 0 Å². The highest BCUT2D eigenvalue weighted by Gasteiger charge is 2.14. The van der Waals surface area contributed by atoms with Crippen molar-refractivity contribution in [1.82, 2.24) is 4.98 Å². The van der Waals surface area contributed by atoms with Crippen LogP contribution in [0, 0.1) is 0 Å². The minimum atomic E-state index is -1.31. The Bertz CT molecular complexity index is 469. The quantitative estimate of drug-likeness (QED) is 0.777. The lowest BCUT2D eigenvalue weighted by Crippen LogP contribution is -2.32. The van der Waals surface area contributed by atoms with Crippen molar-refractivity contribution in [3.05, 3.63) is 36.7 Å². The molecule has 2 nitrogen and oxygen atoms in total. The first-order valence-corrected chi connectivity index (χ1v) is 8.67. The van der Waals surface area contributed by atoms with E-state index in [1.807, 2.05) is 18.5 Å². The van der Waals surface area contributed by atoms with Crippen LogP contribution in [-0.2, 0) is 0 Å². The Morgan fingerprint density at radius 2 is 1.80 bits per heavy atom. The summed E-state index contributed by atoms with van der Waals surface area (Å²) in [6.07, 6.45) is 3.82. The number of benzene rings is 1. The average Bonchev–Trinajstić information content (AvgIpc) is 2.16. The van der Waals surface area contributed by atoms with E-state index in [4.69, 9.17) is 0 Å². The standard InChI is InChI=1S/C12H16N2Si/c1-15(2,3)14-12-9-13-8-10-6-4-5-7-11(10)12/h4-9,14H,1-3H3. The van der Waals surface area contributed by atoms with Gasteiger partial charge >= 0.3 is 0 Å². The van der Waals surface area contributed by atoms with Gasteiger partial charge in [-0.3, -0.25) is 4.98 Å². The molecular weight excluding hydrogens is 200 g/mol. The molecule has 0 amide bonds. The van der Waals surface area contributed by atoms with Crippen LogP contribution in [0.3, 0.4) is 0 Å². The van der Waals surface area contributed by atoms with Gasteiger partial charge in [-0.1, -0.05) is 43.9 Å². The van der Waals surface area contributed by atoms with E-state index in [0.29, 0.717) is 0 Å². The number of pyridine rings is 1. The maximum absolute atomic E-state index is 4.26. The van der Waals surface area contributed by atoms with Crippen LogP contribution in [0.15, 0.2) is 36.7 Å². The fourth-order valence-corrected chi connectivity index (χ4v) is 2.63. The van der Waals surface area contributed by atoms with Gasteiger partial charge in [-0.25, -0.2) is 0 Å². The molecule has 0 spiro atoms. The second kappa shape index (κ2) is 3.66. The van der Waals surface area contributed by atoms with Gasteiger partial charge in [0, 0.05) is 23.2 Å². The predicted octanol–water partition coefficient (Wildman–Crippen LogP) is 3.48. The molecule has 78 valence electrons. The normalized spacial score (nSPS) is 11.7. The number of fused-ring (bicyclic) bond motifs is 1. The van der Waals surface area contributed by atoms with Crippen LogP contribution in [0.2, 0.25) is 19.6 Å². The molecule has 0 radical (unpaired) electrons. The fraction of sp³-hybridized carbons (Fsp3) is 0.250.